The van der Waals surface area contributed by atoms with Crippen molar-refractivity contribution in [2.24, 2.45) is 0 Å². The normalized spacial score (nSPS) is 11.0. The van der Waals surface area contributed by atoms with E-state index in [1.807, 2.05) is 0 Å². The maximum absolute atomic E-state index is 11.5. The van der Waals surface area contributed by atoms with Crippen molar-refractivity contribution in [1.82, 2.24) is 4.98 Å². The zero-order valence-corrected chi connectivity index (χ0v) is 11.0. The minimum atomic E-state index is -1.77. The molecule has 1 aromatic rings. The van der Waals surface area contributed by atoms with Crippen LogP contribution in [-0.2, 0) is 4.74 Å². The predicted octanol–water partition coefficient (Wildman–Crippen LogP) is 0.762. The second-order valence-electron chi connectivity index (χ2n) is 4.59. The van der Waals surface area contributed by atoms with Crippen molar-refractivity contribution < 1.29 is 19.6 Å². The Morgan fingerprint density at radius 3 is 2.61 bits per heavy atom. The zero-order chi connectivity index (χ0) is 13.9. The lowest BCUT2D eigenvalue weighted by Gasteiger charge is -2.20. The van der Waals surface area contributed by atoms with Crippen LogP contribution in [0.25, 0.3) is 0 Å². The van der Waals surface area contributed by atoms with Crippen molar-refractivity contribution in [2.75, 3.05) is 5.32 Å². The standard InChI is InChI=1S/C10H14BClN2O4/c1-10(2,3)18-9(15)14-7-5-13-8(12)4-6(7)11(16)17/h4-5,16-17H,1-3H3,(H,14,15). The van der Waals surface area contributed by atoms with Gasteiger partial charge in [0.15, 0.2) is 0 Å². The van der Waals surface area contributed by atoms with Gasteiger partial charge in [0.05, 0.1) is 11.9 Å². The maximum Gasteiger partial charge on any atom is 0.490 e. The van der Waals surface area contributed by atoms with E-state index in [1.54, 1.807) is 20.8 Å². The smallest absolute Gasteiger partial charge is 0.444 e. The van der Waals surface area contributed by atoms with Crippen molar-refractivity contribution in [2.45, 2.75) is 26.4 Å². The van der Waals surface area contributed by atoms with Gasteiger partial charge >= 0.3 is 13.2 Å². The first kappa shape index (κ1) is 14.8. The Morgan fingerprint density at radius 1 is 1.50 bits per heavy atom. The second kappa shape index (κ2) is 5.56. The van der Waals surface area contributed by atoms with Gasteiger partial charge in [-0.3, -0.25) is 5.32 Å². The van der Waals surface area contributed by atoms with Crippen molar-refractivity contribution in [3.8, 4) is 0 Å². The average molecular weight is 272 g/mol. The molecule has 0 unspecified atom stereocenters. The van der Waals surface area contributed by atoms with Crippen molar-refractivity contribution in [1.29, 1.82) is 0 Å². The molecule has 0 aliphatic heterocycles. The van der Waals surface area contributed by atoms with Crippen LogP contribution in [0, 0.1) is 0 Å². The molecule has 0 aliphatic carbocycles. The summed E-state index contributed by atoms with van der Waals surface area (Å²) < 4.78 is 5.03. The van der Waals surface area contributed by atoms with Gasteiger partial charge in [0.25, 0.3) is 0 Å². The van der Waals surface area contributed by atoms with Crippen LogP contribution in [0.5, 0.6) is 0 Å². The molecular weight excluding hydrogens is 258 g/mol. The molecule has 0 radical (unpaired) electrons. The van der Waals surface area contributed by atoms with Gasteiger partial charge in [-0.05, 0) is 26.8 Å². The van der Waals surface area contributed by atoms with Crippen LogP contribution < -0.4 is 10.8 Å². The minimum absolute atomic E-state index is 0.0425. The summed E-state index contributed by atoms with van der Waals surface area (Å²) >= 11 is 5.63. The molecule has 0 atom stereocenters. The molecule has 0 saturated heterocycles. The first-order valence-corrected chi connectivity index (χ1v) is 5.58. The number of hydrogen-bond acceptors (Lipinski definition) is 5. The molecule has 0 saturated carbocycles. The third-order valence-electron chi connectivity index (χ3n) is 1.82. The molecule has 0 spiro atoms. The van der Waals surface area contributed by atoms with Crippen molar-refractivity contribution in [3.05, 3.63) is 17.4 Å². The number of pyridine rings is 1. The van der Waals surface area contributed by atoms with E-state index in [-0.39, 0.29) is 16.3 Å². The van der Waals surface area contributed by atoms with Crippen LogP contribution >= 0.6 is 11.6 Å². The van der Waals surface area contributed by atoms with Crippen LogP contribution in [0.2, 0.25) is 5.15 Å². The third kappa shape index (κ3) is 4.52. The quantitative estimate of drug-likeness (QED) is 0.546. The number of amides is 1. The van der Waals surface area contributed by atoms with Crippen LogP contribution in [0.1, 0.15) is 20.8 Å². The first-order valence-electron chi connectivity index (χ1n) is 5.20. The minimum Gasteiger partial charge on any atom is -0.444 e. The lowest BCUT2D eigenvalue weighted by atomic mass is 9.80. The molecule has 1 heterocycles. The Hall–Kier alpha value is -1.31. The molecular formula is C10H14BClN2O4. The number of ether oxygens (including phenoxy) is 1. The summed E-state index contributed by atoms with van der Waals surface area (Å²) in [5.41, 5.74) is -0.480. The summed E-state index contributed by atoms with van der Waals surface area (Å²) in [6.07, 6.45) is 0.509. The number of nitrogens with zero attached hydrogens (tertiary/aromatic N) is 1. The number of anilines is 1. The molecule has 0 fully saturated rings. The number of halogens is 1. The van der Waals surface area contributed by atoms with E-state index >= 15 is 0 Å². The van der Waals surface area contributed by atoms with Crippen LogP contribution in [0.3, 0.4) is 0 Å². The van der Waals surface area contributed by atoms with Crippen LogP contribution in [0.4, 0.5) is 10.5 Å². The van der Waals surface area contributed by atoms with E-state index in [9.17, 15) is 4.79 Å². The number of hydrogen-bond donors (Lipinski definition) is 3. The van der Waals surface area contributed by atoms with Gasteiger partial charge in [0, 0.05) is 5.46 Å². The second-order valence-corrected chi connectivity index (χ2v) is 4.98. The van der Waals surface area contributed by atoms with E-state index in [4.69, 9.17) is 26.4 Å². The monoisotopic (exact) mass is 272 g/mol. The van der Waals surface area contributed by atoms with Gasteiger partial charge in [-0.1, -0.05) is 11.6 Å². The van der Waals surface area contributed by atoms with Gasteiger partial charge in [-0.2, -0.15) is 0 Å². The molecule has 1 aromatic heterocycles. The molecule has 18 heavy (non-hydrogen) atoms. The Balaban J connectivity index is 2.88. The molecule has 6 nitrogen and oxygen atoms in total. The summed E-state index contributed by atoms with van der Waals surface area (Å²) in [5, 5.41) is 20.8. The zero-order valence-electron chi connectivity index (χ0n) is 10.3. The lowest BCUT2D eigenvalue weighted by molar-refractivity contribution is 0.0636. The summed E-state index contributed by atoms with van der Waals surface area (Å²) in [6, 6.07) is 1.25. The highest BCUT2D eigenvalue weighted by Crippen LogP contribution is 2.12. The number of carbonyl (C=O) groups is 1. The maximum atomic E-state index is 11.5. The van der Waals surface area contributed by atoms with E-state index < -0.39 is 18.8 Å². The average Bonchev–Trinajstić information content (AvgIpc) is 2.17. The van der Waals surface area contributed by atoms with Gasteiger partial charge in [0.2, 0.25) is 0 Å². The fraction of sp³-hybridized carbons (Fsp3) is 0.400. The Labute approximate surface area is 110 Å². The Kier molecular flexibility index (Phi) is 4.56. The van der Waals surface area contributed by atoms with Gasteiger partial charge in [0.1, 0.15) is 10.8 Å². The van der Waals surface area contributed by atoms with E-state index in [0.29, 0.717) is 0 Å². The summed E-state index contributed by atoms with van der Waals surface area (Å²) in [7, 11) is -1.77. The molecule has 0 aliphatic rings. The van der Waals surface area contributed by atoms with Crippen LogP contribution in [-0.4, -0.2) is 33.8 Å². The Bertz CT molecular complexity index is 448. The topological polar surface area (TPSA) is 91.7 Å². The summed E-state index contributed by atoms with van der Waals surface area (Å²) in [4.78, 5) is 15.3. The molecule has 1 rings (SSSR count). The van der Waals surface area contributed by atoms with Gasteiger partial charge in [-0.25, -0.2) is 9.78 Å². The molecule has 0 aromatic carbocycles. The molecule has 98 valence electrons. The lowest BCUT2D eigenvalue weighted by Crippen LogP contribution is -2.35. The Morgan fingerprint density at radius 2 is 2.11 bits per heavy atom. The molecule has 8 heteroatoms. The molecule has 3 N–H and O–H groups in total. The first-order chi connectivity index (χ1) is 8.19. The summed E-state index contributed by atoms with van der Waals surface area (Å²) in [6.45, 7) is 5.15. The predicted molar refractivity (Wildman–Crippen MR) is 68.9 cm³/mol. The molecule has 1 amide bonds. The number of nitrogens with one attached hydrogen (secondary N) is 1. The van der Waals surface area contributed by atoms with Crippen molar-refractivity contribution in [3.63, 3.8) is 0 Å². The van der Waals surface area contributed by atoms with Crippen LogP contribution in [0.15, 0.2) is 12.3 Å². The van der Waals surface area contributed by atoms with E-state index in [0.717, 1.165) is 0 Å². The number of aromatic nitrogens is 1. The number of rotatable bonds is 2. The van der Waals surface area contributed by atoms with E-state index in [1.165, 1.54) is 12.3 Å². The fourth-order valence-electron chi connectivity index (χ4n) is 1.18. The highest BCUT2D eigenvalue weighted by Gasteiger charge is 2.21. The summed E-state index contributed by atoms with van der Waals surface area (Å²) in [5.74, 6) is 0. The highest BCUT2D eigenvalue weighted by atomic mass is 35.5. The number of carbonyl (C=O) groups excluding carboxylic acids is 1. The fourth-order valence-corrected chi connectivity index (χ4v) is 1.34. The highest BCUT2D eigenvalue weighted by molar-refractivity contribution is 6.61. The SMILES string of the molecule is CC(C)(C)OC(=O)Nc1cnc(Cl)cc1B(O)O. The van der Waals surface area contributed by atoms with Crippen molar-refractivity contribution >= 4 is 36.0 Å². The molecule has 0 bridgehead atoms. The van der Waals surface area contributed by atoms with E-state index in [2.05, 4.69) is 10.3 Å². The van der Waals surface area contributed by atoms with Gasteiger partial charge in [-0.15, -0.1) is 0 Å². The third-order valence-corrected chi connectivity index (χ3v) is 2.02. The van der Waals surface area contributed by atoms with Gasteiger partial charge < -0.3 is 14.8 Å². The largest absolute Gasteiger partial charge is 0.490 e.